The van der Waals surface area contributed by atoms with Gasteiger partial charge in [-0.2, -0.15) is 0 Å². The number of nitrogens with one attached hydrogen (secondary N) is 1. The van der Waals surface area contributed by atoms with Crippen LogP contribution < -0.4 is 10.2 Å². The lowest BCUT2D eigenvalue weighted by Gasteiger charge is -2.37. The largest absolute Gasteiger partial charge is 0.369 e. The van der Waals surface area contributed by atoms with Gasteiger partial charge in [0.25, 0.3) is 0 Å². The van der Waals surface area contributed by atoms with Gasteiger partial charge in [-0.15, -0.1) is 0 Å². The highest BCUT2D eigenvalue weighted by molar-refractivity contribution is 5.56. The normalized spacial score (nSPS) is 18.0. The van der Waals surface area contributed by atoms with Crippen LogP contribution in [0.1, 0.15) is 30.9 Å². The van der Waals surface area contributed by atoms with Crippen LogP contribution in [0, 0.1) is 13.8 Å². The number of benzene rings is 1. The van der Waals surface area contributed by atoms with Crippen molar-refractivity contribution in [3.8, 4) is 0 Å². The van der Waals surface area contributed by atoms with Gasteiger partial charge in [-0.1, -0.05) is 12.1 Å². The van der Waals surface area contributed by atoms with Crippen LogP contribution in [0.15, 0.2) is 18.2 Å². The lowest BCUT2D eigenvalue weighted by molar-refractivity contribution is 0.249. The fraction of sp³-hybridized carbons (Fsp3) is 0.667. The minimum Gasteiger partial charge on any atom is -0.369 e. The summed E-state index contributed by atoms with van der Waals surface area (Å²) in [6, 6.07) is 7.30. The molecule has 1 saturated heterocycles. The molecule has 1 fully saturated rings. The molecule has 118 valence electrons. The summed E-state index contributed by atoms with van der Waals surface area (Å²) in [4.78, 5) is 5.17. The number of rotatable bonds is 6. The number of nitrogens with zero attached hydrogens (tertiary/aromatic N) is 2. The van der Waals surface area contributed by atoms with Crippen molar-refractivity contribution in [2.24, 2.45) is 0 Å². The number of piperazine rings is 1. The van der Waals surface area contributed by atoms with Gasteiger partial charge >= 0.3 is 0 Å². The van der Waals surface area contributed by atoms with E-state index in [1.54, 1.807) is 0 Å². The van der Waals surface area contributed by atoms with Crippen molar-refractivity contribution < 1.29 is 0 Å². The van der Waals surface area contributed by atoms with Crippen molar-refractivity contribution >= 4 is 5.69 Å². The second-order valence-corrected chi connectivity index (χ2v) is 6.38. The summed E-state index contributed by atoms with van der Waals surface area (Å²) in [5.74, 6) is 0. The first-order chi connectivity index (χ1) is 10.1. The van der Waals surface area contributed by atoms with E-state index >= 15 is 0 Å². The molecule has 1 atom stereocenters. The summed E-state index contributed by atoms with van der Waals surface area (Å²) in [6.07, 6.45) is 2.57. The zero-order valence-electron chi connectivity index (χ0n) is 14.2. The maximum absolute atomic E-state index is 3.32. The van der Waals surface area contributed by atoms with Crippen LogP contribution in [0.25, 0.3) is 0 Å². The molecule has 0 aromatic heterocycles. The molecular formula is C18H31N3. The molecule has 1 heterocycles. The van der Waals surface area contributed by atoms with Gasteiger partial charge in [0.05, 0.1) is 0 Å². The number of anilines is 1. The Morgan fingerprint density at radius 3 is 2.52 bits per heavy atom. The van der Waals surface area contributed by atoms with Gasteiger partial charge in [-0.05, 0) is 64.4 Å². The summed E-state index contributed by atoms with van der Waals surface area (Å²) in [5, 5.41) is 3.32. The first-order valence-electron chi connectivity index (χ1n) is 8.32. The molecule has 21 heavy (non-hydrogen) atoms. The van der Waals surface area contributed by atoms with Crippen LogP contribution in [0.4, 0.5) is 5.69 Å². The summed E-state index contributed by atoms with van der Waals surface area (Å²) in [5.41, 5.74) is 4.27. The predicted molar refractivity (Wildman–Crippen MR) is 92.3 cm³/mol. The van der Waals surface area contributed by atoms with E-state index in [1.165, 1.54) is 49.3 Å². The zero-order chi connectivity index (χ0) is 15.2. The predicted octanol–water partition coefficient (Wildman–Crippen LogP) is 2.81. The van der Waals surface area contributed by atoms with E-state index in [1.807, 2.05) is 7.05 Å². The Bertz CT molecular complexity index is 436. The van der Waals surface area contributed by atoms with Crippen molar-refractivity contribution in [1.29, 1.82) is 0 Å². The summed E-state index contributed by atoms with van der Waals surface area (Å²) >= 11 is 0. The molecule has 3 nitrogen and oxygen atoms in total. The Balaban J connectivity index is 1.79. The molecule has 0 radical (unpaired) electrons. The maximum Gasteiger partial charge on any atom is 0.0399 e. The standard InChI is InChI=1S/C18H31N3/c1-15-7-5-9-18(17(15)3)21-13-11-20(12-14-21)10-6-8-16(2)19-4/h5,7,9,16,19H,6,8,10-14H2,1-4H3. The highest BCUT2D eigenvalue weighted by atomic mass is 15.3. The van der Waals surface area contributed by atoms with E-state index < -0.39 is 0 Å². The Hall–Kier alpha value is -1.06. The minimum atomic E-state index is 0.640. The maximum atomic E-state index is 3.32. The molecule has 0 spiro atoms. The highest BCUT2D eigenvalue weighted by Gasteiger charge is 2.18. The Labute approximate surface area is 130 Å². The molecule has 1 N–H and O–H groups in total. The third kappa shape index (κ3) is 4.45. The first-order valence-corrected chi connectivity index (χ1v) is 8.32. The quantitative estimate of drug-likeness (QED) is 0.869. The SMILES string of the molecule is CNC(C)CCCN1CCN(c2cccc(C)c2C)CC1. The van der Waals surface area contributed by atoms with E-state index in [-0.39, 0.29) is 0 Å². The third-order valence-electron chi connectivity index (χ3n) is 4.89. The molecule has 1 aliphatic heterocycles. The van der Waals surface area contributed by atoms with Gasteiger partial charge in [0.1, 0.15) is 0 Å². The van der Waals surface area contributed by atoms with Crippen LogP contribution in [-0.2, 0) is 0 Å². The average molecular weight is 289 g/mol. The Morgan fingerprint density at radius 1 is 1.14 bits per heavy atom. The van der Waals surface area contributed by atoms with Gasteiger partial charge < -0.3 is 10.2 Å². The van der Waals surface area contributed by atoms with Gasteiger partial charge in [-0.25, -0.2) is 0 Å². The molecule has 1 unspecified atom stereocenters. The molecule has 1 aromatic carbocycles. The van der Waals surface area contributed by atoms with Gasteiger partial charge in [-0.3, -0.25) is 4.90 Å². The minimum absolute atomic E-state index is 0.640. The molecular weight excluding hydrogens is 258 g/mol. The van der Waals surface area contributed by atoms with Crippen molar-refractivity contribution in [2.75, 3.05) is 44.7 Å². The first kappa shape index (κ1) is 16.3. The molecule has 0 aliphatic carbocycles. The van der Waals surface area contributed by atoms with Crippen LogP contribution >= 0.6 is 0 Å². The smallest absolute Gasteiger partial charge is 0.0399 e. The Kier molecular flexibility index (Phi) is 6.07. The van der Waals surface area contributed by atoms with E-state index in [4.69, 9.17) is 0 Å². The van der Waals surface area contributed by atoms with E-state index in [0.29, 0.717) is 6.04 Å². The number of hydrogen-bond acceptors (Lipinski definition) is 3. The molecule has 0 bridgehead atoms. The van der Waals surface area contributed by atoms with Gasteiger partial charge in [0.15, 0.2) is 0 Å². The summed E-state index contributed by atoms with van der Waals surface area (Å²) < 4.78 is 0. The lowest BCUT2D eigenvalue weighted by atomic mass is 10.1. The van der Waals surface area contributed by atoms with E-state index in [9.17, 15) is 0 Å². The topological polar surface area (TPSA) is 18.5 Å². The van der Waals surface area contributed by atoms with Crippen LogP contribution in [0.5, 0.6) is 0 Å². The second kappa shape index (κ2) is 7.81. The Morgan fingerprint density at radius 2 is 1.86 bits per heavy atom. The molecule has 1 aromatic rings. The van der Waals surface area contributed by atoms with Crippen LogP contribution in [0.2, 0.25) is 0 Å². The van der Waals surface area contributed by atoms with Gasteiger partial charge in [0.2, 0.25) is 0 Å². The molecule has 1 aliphatic rings. The van der Waals surface area contributed by atoms with Crippen molar-refractivity contribution in [1.82, 2.24) is 10.2 Å². The zero-order valence-corrected chi connectivity index (χ0v) is 14.2. The number of hydrogen-bond donors (Lipinski definition) is 1. The average Bonchev–Trinajstić information content (AvgIpc) is 2.51. The van der Waals surface area contributed by atoms with Crippen LogP contribution in [-0.4, -0.2) is 50.7 Å². The molecule has 3 heteroatoms. The molecule has 0 saturated carbocycles. The fourth-order valence-corrected chi connectivity index (χ4v) is 3.06. The lowest BCUT2D eigenvalue weighted by Crippen LogP contribution is -2.47. The van der Waals surface area contributed by atoms with Gasteiger partial charge in [0, 0.05) is 37.9 Å². The van der Waals surface area contributed by atoms with E-state index in [0.717, 1.165) is 13.1 Å². The van der Waals surface area contributed by atoms with E-state index in [2.05, 4.69) is 54.1 Å². The second-order valence-electron chi connectivity index (χ2n) is 6.38. The third-order valence-corrected chi connectivity index (χ3v) is 4.89. The molecule has 0 amide bonds. The van der Waals surface area contributed by atoms with Crippen molar-refractivity contribution in [3.63, 3.8) is 0 Å². The monoisotopic (exact) mass is 289 g/mol. The number of aryl methyl sites for hydroxylation is 1. The summed E-state index contributed by atoms with van der Waals surface area (Å²) in [7, 11) is 2.05. The van der Waals surface area contributed by atoms with Crippen LogP contribution in [0.3, 0.4) is 0 Å². The van der Waals surface area contributed by atoms with Crippen molar-refractivity contribution in [2.45, 2.75) is 39.7 Å². The van der Waals surface area contributed by atoms with Crippen molar-refractivity contribution in [3.05, 3.63) is 29.3 Å². The molecule has 2 rings (SSSR count). The highest BCUT2D eigenvalue weighted by Crippen LogP contribution is 2.23. The fourth-order valence-electron chi connectivity index (χ4n) is 3.06. The summed E-state index contributed by atoms with van der Waals surface area (Å²) in [6.45, 7) is 12.7.